The molecular weight excluding hydrogens is 244 g/mol. The van der Waals surface area contributed by atoms with Crippen molar-refractivity contribution >= 4 is 29.4 Å². The molecule has 2 aromatic carbocycles. The first-order chi connectivity index (χ1) is 8.69. The normalized spacial score (nSPS) is 10.4. The molecule has 0 aliphatic rings. The number of nitrogens with two attached hydrogens (primary N) is 1. The lowest BCUT2D eigenvalue weighted by molar-refractivity contribution is 1.48. The van der Waals surface area contributed by atoms with Crippen molar-refractivity contribution in [3.8, 4) is 6.07 Å². The van der Waals surface area contributed by atoms with E-state index in [1.807, 2.05) is 36.4 Å². The average Bonchev–Trinajstić information content (AvgIpc) is 2.38. The molecular formula is C15H11ClN2. The van der Waals surface area contributed by atoms with Crippen LogP contribution in [0.1, 0.15) is 16.7 Å². The summed E-state index contributed by atoms with van der Waals surface area (Å²) >= 11 is 6.07. The van der Waals surface area contributed by atoms with Gasteiger partial charge in [0.1, 0.15) is 0 Å². The first-order valence-electron chi connectivity index (χ1n) is 5.42. The average molecular weight is 255 g/mol. The van der Waals surface area contributed by atoms with Crippen LogP contribution in [0.3, 0.4) is 0 Å². The summed E-state index contributed by atoms with van der Waals surface area (Å²) in [5.41, 5.74) is 8.85. The van der Waals surface area contributed by atoms with E-state index in [0.717, 1.165) is 11.1 Å². The summed E-state index contributed by atoms with van der Waals surface area (Å²) in [6.45, 7) is 0. The number of nitriles is 1. The van der Waals surface area contributed by atoms with Gasteiger partial charge in [-0.15, -0.1) is 0 Å². The highest BCUT2D eigenvalue weighted by Crippen LogP contribution is 2.21. The number of nitrogen functional groups attached to an aromatic ring is 1. The van der Waals surface area contributed by atoms with Gasteiger partial charge in [0.05, 0.1) is 11.6 Å². The number of hydrogen-bond acceptors (Lipinski definition) is 2. The van der Waals surface area contributed by atoms with Gasteiger partial charge >= 0.3 is 0 Å². The third kappa shape index (κ3) is 2.91. The molecule has 3 heteroatoms. The van der Waals surface area contributed by atoms with Crippen LogP contribution in [0.25, 0.3) is 12.2 Å². The maximum Gasteiger partial charge on any atom is 0.0991 e. The Morgan fingerprint density at radius 2 is 1.78 bits per heavy atom. The molecule has 88 valence electrons. The number of halogens is 1. The maximum atomic E-state index is 8.70. The fourth-order valence-electron chi connectivity index (χ4n) is 1.53. The van der Waals surface area contributed by atoms with Crippen molar-refractivity contribution in [2.24, 2.45) is 0 Å². The minimum atomic E-state index is 0.625. The van der Waals surface area contributed by atoms with Gasteiger partial charge in [-0.05, 0) is 35.4 Å². The van der Waals surface area contributed by atoms with Gasteiger partial charge in [-0.25, -0.2) is 0 Å². The zero-order valence-corrected chi connectivity index (χ0v) is 10.4. The van der Waals surface area contributed by atoms with Crippen molar-refractivity contribution in [3.05, 3.63) is 64.2 Å². The van der Waals surface area contributed by atoms with Gasteiger partial charge in [0.25, 0.3) is 0 Å². The minimum Gasteiger partial charge on any atom is -0.399 e. The molecule has 2 nitrogen and oxygen atoms in total. The molecule has 2 aromatic rings. The van der Waals surface area contributed by atoms with Gasteiger partial charge in [-0.2, -0.15) is 5.26 Å². The van der Waals surface area contributed by atoms with Crippen LogP contribution < -0.4 is 5.73 Å². The standard InChI is InChI=1S/C15H11ClN2/c16-15-9-14(18)8-7-13(15)6-5-11-1-3-12(10-17)4-2-11/h1-9H,18H2/b6-5+. The minimum absolute atomic E-state index is 0.625. The lowest BCUT2D eigenvalue weighted by atomic mass is 10.1. The summed E-state index contributed by atoms with van der Waals surface area (Å²) in [4.78, 5) is 0. The molecule has 0 spiro atoms. The second-order valence-electron chi connectivity index (χ2n) is 3.85. The molecule has 0 amide bonds. The van der Waals surface area contributed by atoms with E-state index in [0.29, 0.717) is 16.3 Å². The SMILES string of the molecule is N#Cc1ccc(/C=C/c2ccc(N)cc2Cl)cc1. The van der Waals surface area contributed by atoms with E-state index >= 15 is 0 Å². The highest BCUT2D eigenvalue weighted by molar-refractivity contribution is 6.32. The Morgan fingerprint density at radius 3 is 2.39 bits per heavy atom. The molecule has 0 aromatic heterocycles. The lowest BCUT2D eigenvalue weighted by Crippen LogP contribution is -1.84. The number of anilines is 1. The van der Waals surface area contributed by atoms with E-state index in [1.54, 1.807) is 18.2 Å². The van der Waals surface area contributed by atoms with Crippen molar-refractivity contribution in [1.82, 2.24) is 0 Å². The Balaban J connectivity index is 2.22. The van der Waals surface area contributed by atoms with Crippen LogP contribution in [-0.4, -0.2) is 0 Å². The van der Waals surface area contributed by atoms with Crippen LogP contribution >= 0.6 is 11.6 Å². The van der Waals surface area contributed by atoms with Crippen LogP contribution in [0.5, 0.6) is 0 Å². The van der Waals surface area contributed by atoms with Gasteiger partial charge in [0.15, 0.2) is 0 Å². The van der Waals surface area contributed by atoms with Gasteiger partial charge < -0.3 is 5.73 Å². The number of rotatable bonds is 2. The fraction of sp³-hybridized carbons (Fsp3) is 0. The third-order valence-corrected chi connectivity index (χ3v) is 2.85. The topological polar surface area (TPSA) is 49.8 Å². The van der Waals surface area contributed by atoms with E-state index in [9.17, 15) is 0 Å². The van der Waals surface area contributed by atoms with E-state index in [-0.39, 0.29) is 0 Å². The fourth-order valence-corrected chi connectivity index (χ4v) is 1.79. The van der Waals surface area contributed by atoms with Crippen molar-refractivity contribution in [2.75, 3.05) is 5.73 Å². The number of benzene rings is 2. The quantitative estimate of drug-likeness (QED) is 0.651. The van der Waals surface area contributed by atoms with Crippen LogP contribution in [0.2, 0.25) is 5.02 Å². The van der Waals surface area contributed by atoms with E-state index in [1.165, 1.54) is 0 Å². The first-order valence-corrected chi connectivity index (χ1v) is 5.80. The molecule has 0 atom stereocenters. The monoisotopic (exact) mass is 254 g/mol. The van der Waals surface area contributed by atoms with Crippen LogP contribution in [0, 0.1) is 11.3 Å². The van der Waals surface area contributed by atoms with Gasteiger partial charge in [-0.3, -0.25) is 0 Å². The summed E-state index contributed by atoms with van der Waals surface area (Å²) in [6, 6.07) is 14.8. The zero-order chi connectivity index (χ0) is 13.0. The Hall–Kier alpha value is -2.24. The molecule has 0 saturated heterocycles. The smallest absolute Gasteiger partial charge is 0.0991 e. The molecule has 2 rings (SSSR count). The molecule has 0 fully saturated rings. The molecule has 0 aliphatic heterocycles. The third-order valence-electron chi connectivity index (χ3n) is 2.52. The number of nitrogens with zero attached hydrogens (tertiary/aromatic N) is 1. The van der Waals surface area contributed by atoms with E-state index < -0.39 is 0 Å². The number of hydrogen-bond donors (Lipinski definition) is 1. The molecule has 0 aliphatic carbocycles. The Labute approximate surface area is 111 Å². The second kappa shape index (κ2) is 5.39. The first kappa shape index (κ1) is 12.2. The maximum absolute atomic E-state index is 8.70. The summed E-state index contributed by atoms with van der Waals surface area (Å²) in [7, 11) is 0. The largest absolute Gasteiger partial charge is 0.399 e. The Morgan fingerprint density at radius 1 is 1.06 bits per heavy atom. The van der Waals surface area contributed by atoms with Crippen LogP contribution in [0.4, 0.5) is 5.69 Å². The second-order valence-corrected chi connectivity index (χ2v) is 4.26. The zero-order valence-electron chi connectivity index (χ0n) is 9.60. The predicted molar refractivity (Wildman–Crippen MR) is 75.9 cm³/mol. The predicted octanol–water partition coefficient (Wildman–Crippen LogP) is 3.96. The summed E-state index contributed by atoms with van der Waals surface area (Å²) in [5, 5.41) is 9.33. The van der Waals surface area contributed by atoms with Crippen molar-refractivity contribution in [1.29, 1.82) is 5.26 Å². The lowest BCUT2D eigenvalue weighted by Gasteiger charge is -2.00. The van der Waals surface area contributed by atoms with Crippen LogP contribution in [0.15, 0.2) is 42.5 Å². The molecule has 0 radical (unpaired) electrons. The van der Waals surface area contributed by atoms with E-state index in [2.05, 4.69) is 6.07 Å². The summed E-state index contributed by atoms with van der Waals surface area (Å²) in [6.07, 6.45) is 3.86. The van der Waals surface area contributed by atoms with Gasteiger partial charge in [0.2, 0.25) is 0 Å². The Kier molecular flexibility index (Phi) is 3.66. The van der Waals surface area contributed by atoms with Gasteiger partial charge in [0, 0.05) is 10.7 Å². The molecule has 0 saturated carbocycles. The molecule has 0 heterocycles. The summed E-state index contributed by atoms with van der Waals surface area (Å²) < 4.78 is 0. The van der Waals surface area contributed by atoms with Crippen molar-refractivity contribution < 1.29 is 0 Å². The molecule has 0 unspecified atom stereocenters. The molecule has 0 bridgehead atoms. The van der Waals surface area contributed by atoms with Crippen LogP contribution in [-0.2, 0) is 0 Å². The van der Waals surface area contributed by atoms with E-state index in [4.69, 9.17) is 22.6 Å². The molecule has 18 heavy (non-hydrogen) atoms. The van der Waals surface area contributed by atoms with Crippen molar-refractivity contribution in [3.63, 3.8) is 0 Å². The van der Waals surface area contributed by atoms with Gasteiger partial charge in [-0.1, -0.05) is 42.0 Å². The Bertz CT molecular complexity index is 622. The highest BCUT2D eigenvalue weighted by atomic mass is 35.5. The molecule has 2 N–H and O–H groups in total. The highest BCUT2D eigenvalue weighted by Gasteiger charge is 1.96. The summed E-state index contributed by atoms with van der Waals surface area (Å²) in [5.74, 6) is 0. The van der Waals surface area contributed by atoms with Crippen molar-refractivity contribution in [2.45, 2.75) is 0 Å².